The van der Waals surface area contributed by atoms with E-state index in [2.05, 4.69) is 20.3 Å². The first-order valence-electron chi connectivity index (χ1n) is 8.93. The Bertz CT molecular complexity index is 722. The zero-order chi connectivity index (χ0) is 18.4. The Labute approximate surface area is 177 Å². The van der Waals surface area contributed by atoms with Gasteiger partial charge in [0, 0.05) is 32.4 Å². The Morgan fingerprint density at radius 3 is 2.85 bits per heavy atom. The lowest BCUT2D eigenvalue weighted by Crippen LogP contribution is -2.49. The molecular formula is C19H28IN5O2. The molecule has 27 heavy (non-hydrogen) atoms. The molecule has 1 aromatic heterocycles. The standard InChI is InChI=1S/C19H27N5O2.HI/c1-15(26-17-7-5-4-6-8-17)11-21-19(20-2)24-9-10-25-18(14-24)16-12-22-23(3)13-16;/h4-8,12-13,15,18H,9-11,14H2,1-3H3,(H,20,21);1H. The highest BCUT2D eigenvalue weighted by Crippen LogP contribution is 2.21. The van der Waals surface area contributed by atoms with Gasteiger partial charge in [-0.3, -0.25) is 9.67 Å². The minimum absolute atomic E-state index is 0. The van der Waals surface area contributed by atoms with Crippen molar-refractivity contribution in [2.24, 2.45) is 12.0 Å². The Morgan fingerprint density at radius 1 is 1.41 bits per heavy atom. The Kier molecular flexibility index (Phi) is 8.36. The van der Waals surface area contributed by atoms with Gasteiger partial charge in [0.05, 0.1) is 25.9 Å². The molecule has 0 saturated carbocycles. The van der Waals surface area contributed by atoms with E-state index in [0.717, 1.165) is 30.4 Å². The van der Waals surface area contributed by atoms with Crippen LogP contribution >= 0.6 is 24.0 Å². The number of guanidine groups is 1. The minimum atomic E-state index is 0. The van der Waals surface area contributed by atoms with Crippen molar-refractivity contribution in [1.29, 1.82) is 0 Å². The first-order chi connectivity index (χ1) is 12.7. The van der Waals surface area contributed by atoms with Crippen molar-refractivity contribution >= 4 is 29.9 Å². The molecule has 8 heteroatoms. The molecule has 1 aromatic carbocycles. The third-order valence-corrected chi connectivity index (χ3v) is 4.30. The summed E-state index contributed by atoms with van der Waals surface area (Å²) >= 11 is 0. The summed E-state index contributed by atoms with van der Waals surface area (Å²) in [7, 11) is 3.72. The van der Waals surface area contributed by atoms with Gasteiger partial charge in [0.15, 0.2) is 5.96 Å². The number of para-hydroxylation sites is 1. The van der Waals surface area contributed by atoms with Crippen LogP contribution in [0.4, 0.5) is 0 Å². The molecule has 1 aliphatic rings. The van der Waals surface area contributed by atoms with E-state index in [1.807, 2.05) is 56.7 Å². The van der Waals surface area contributed by atoms with Crippen LogP contribution in [0.25, 0.3) is 0 Å². The van der Waals surface area contributed by atoms with Crippen LogP contribution in [-0.4, -0.2) is 60.0 Å². The Morgan fingerprint density at radius 2 is 2.19 bits per heavy atom. The number of ether oxygens (including phenoxy) is 2. The number of aliphatic imine (C=N–C) groups is 1. The number of nitrogens with one attached hydrogen (secondary N) is 1. The van der Waals surface area contributed by atoms with Crippen LogP contribution < -0.4 is 10.1 Å². The summed E-state index contributed by atoms with van der Waals surface area (Å²) in [6, 6.07) is 9.85. The number of rotatable bonds is 5. The van der Waals surface area contributed by atoms with E-state index >= 15 is 0 Å². The van der Waals surface area contributed by atoms with Gasteiger partial charge >= 0.3 is 0 Å². The highest BCUT2D eigenvalue weighted by Gasteiger charge is 2.25. The first kappa shape index (κ1) is 21.5. The fraction of sp³-hybridized carbons (Fsp3) is 0.474. The SMILES string of the molecule is CN=C(NCC(C)Oc1ccccc1)N1CCOC(c2cnn(C)c2)C1.I. The molecule has 2 atom stereocenters. The van der Waals surface area contributed by atoms with E-state index in [4.69, 9.17) is 9.47 Å². The highest BCUT2D eigenvalue weighted by molar-refractivity contribution is 14.0. The summed E-state index contributed by atoms with van der Waals surface area (Å²) in [6.45, 7) is 4.95. The molecule has 148 valence electrons. The molecule has 2 heterocycles. The van der Waals surface area contributed by atoms with Gasteiger partial charge in [-0.2, -0.15) is 5.10 Å². The molecule has 7 nitrogen and oxygen atoms in total. The molecule has 2 aromatic rings. The number of aryl methyl sites for hydroxylation is 1. The van der Waals surface area contributed by atoms with Crippen molar-refractivity contribution in [2.45, 2.75) is 19.1 Å². The third kappa shape index (κ3) is 6.10. The summed E-state index contributed by atoms with van der Waals surface area (Å²) in [6.07, 6.45) is 3.90. The van der Waals surface area contributed by atoms with Crippen molar-refractivity contribution in [1.82, 2.24) is 20.0 Å². The summed E-state index contributed by atoms with van der Waals surface area (Å²) < 4.78 is 13.6. The average Bonchev–Trinajstić information content (AvgIpc) is 3.10. The normalized spacial score (nSPS) is 18.6. The lowest BCUT2D eigenvalue weighted by molar-refractivity contribution is -0.00814. The van der Waals surface area contributed by atoms with Crippen LogP contribution in [0.15, 0.2) is 47.7 Å². The molecule has 1 aliphatic heterocycles. The average molecular weight is 485 g/mol. The van der Waals surface area contributed by atoms with Crippen LogP contribution in [-0.2, 0) is 11.8 Å². The van der Waals surface area contributed by atoms with Gasteiger partial charge in [0.2, 0.25) is 0 Å². The van der Waals surface area contributed by atoms with E-state index < -0.39 is 0 Å². The summed E-state index contributed by atoms with van der Waals surface area (Å²) in [5, 5.41) is 7.65. The molecule has 0 spiro atoms. The zero-order valence-electron chi connectivity index (χ0n) is 16.0. The second-order valence-corrected chi connectivity index (χ2v) is 6.42. The fourth-order valence-electron chi connectivity index (χ4n) is 2.99. The molecule has 0 bridgehead atoms. The third-order valence-electron chi connectivity index (χ3n) is 4.30. The second-order valence-electron chi connectivity index (χ2n) is 6.42. The quantitative estimate of drug-likeness (QED) is 0.401. The first-order valence-corrected chi connectivity index (χ1v) is 8.93. The predicted molar refractivity (Wildman–Crippen MR) is 117 cm³/mol. The highest BCUT2D eigenvalue weighted by atomic mass is 127. The number of nitrogens with zero attached hydrogens (tertiary/aromatic N) is 4. The van der Waals surface area contributed by atoms with Crippen molar-refractivity contribution in [2.75, 3.05) is 33.3 Å². The molecule has 0 aliphatic carbocycles. The van der Waals surface area contributed by atoms with Crippen LogP contribution in [0, 0.1) is 0 Å². The van der Waals surface area contributed by atoms with E-state index in [1.165, 1.54) is 0 Å². The van der Waals surface area contributed by atoms with Gasteiger partial charge in [0.25, 0.3) is 0 Å². The molecule has 2 unspecified atom stereocenters. The molecule has 0 radical (unpaired) electrons. The number of halogens is 1. The summed E-state index contributed by atoms with van der Waals surface area (Å²) in [4.78, 5) is 6.64. The molecule has 3 rings (SSSR count). The van der Waals surface area contributed by atoms with E-state index in [0.29, 0.717) is 13.2 Å². The second kappa shape index (κ2) is 10.5. The zero-order valence-corrected chi connectivity index (χ0v) is 18.4. The molecule has 1 N–H and O–H groups in total. The van der Waals surface area contributed by atoms with Gasteiger partial charge in [-0.05, 0) is 19.1 Å². The maximum atomic E-state index is 5.92. The molecule has 1 fully saturated rings. The smallest absolute Gasteiger partial charge is 0.193 e. The number of hydrogen-bond donors (Lipinski definition) is 1. The number of aromatic nitrogens is 2. The van der Waals surface area contributed by atoms with Crippen molar-refractivity contribution < 1.29 is 9.47 Å². The lowest BCUT2D eigenvalue weighted by atomic mass is 10.1. The summed E-state index contributed by atoms with van der Waals surface area (Å²) in [5.74, 6) is 1.74. The van der Waals surface area contributed by atoms with Crippen LogP contribution in [0.5, 0.6) is 5.75 Å². The van der Waals surface area contributed by atoms with Crippen molar-refractivity contribution in [3.05, 3.63) is 48.3 Å². The van der Waals surface area contributed by atoms with Crippen LogP contribution in [0.1, 0.15) is 18.6 Å². The molecular weight excluding hydrogens is 457 g/mol. The monoisotopic (exact) mass is 485 g/mol. The van der Waals surface area contributed by atoms with Gasteiger partial charge in [-0.15, -0.1) is 24.0 Å². The van der Waals surface area contributed by atoms with E-state index in [9.17, 15) is 0 Å². The Hall–Kier alpha value is -1.81. The number of benzene rings is 1. The van der Waals surface area contributed by atoms with Gasteiger partial charge in [-0.1, -0.05) is 18.2 Å². The van der Waals surface area contributed by atoms with E-state index in [1.54, 1.807) is 11.7 Å². The largest absolute Gasteiger partial charge is 0.489 e. The molecule has 1 saturated heterocycles. The minimum Gasteiger partial charge on any atom is -0.489 e. The van der Waals surface area contributed by atoms with Gasteiger partial charge in [-0.25, -0.2) is 0 Å². The fourth-order valence-corrected chi connectivity index (χ4v) is 2.99. The maximum Gasteiger partial charge on any atom is 0.193 e. The van der Waals surface area contributed by atoms with Crippen molar-refractivity contribution in [3.63, 3.8) is 0 Å². The Balaban J connectivity index is 0.00000261. The maximum absolute atomic E-state index is 5.92. The van der Waals surface area contributed by atoms with Gasteiger partial charge < -0.3 is 19.7 Å². The van der Waals surface area contributed by atoms with E-state index in [-0.39, 0.29) is 36.2 Å². The number of hydrogen-bond acceptors (Lipinski definition) is 4. The lowest BCUT2D eigenvalue weighted by Gasteiger charge is -2.35. The predicted octanol–water partition coefficient (Wildman–Crippen LogP) is 2.45. The van der Waals surface area contributed by atoms with Gasteiger partial charge in [0.1, 0.15) is 18.0 Å². The van der Waals surface area contributed by atoms with Crippen molar-refractivity contribution in [3.8, 4) is 5.75 Å². The van der Waals surface area contributed by atoms with Crippen LogP contribution in [0.2, 0.25) is 0 Å². The summed E-state index contributed by atoms with van der Waals surface area (Å²) in [5.41, 5.74) is 1.09. The topological polar surface area (TPSA) is 63.9 Å². The molecule has 0 amide bonds. The number of morpholine rings is 1. The van der Waals surface area contributed by atoms with Crippen LogP contribution in [0.3, 0.4) is 0 Å².